The fourth-order valence-corrected chi connectivity index (χ4v) is 3.69. The monoisotopic (exact) mass is 369 g/mol. The Kier molecular flexibility index (Phi) is 4.12. The number of anilines is 2. The van der Waals surface area contributed by atoms with Gasteiger partial charge >= 0.3 is 5.97 Å². The maximum absolute atomic E-state index is 13.0. The first kappa shape index (κ1) is 16.6. The van der Waals surface area contributed by atoms with E-state index in [-0.39, 0.29) is 12.3 Å². The first-order chi connectivity index (χ1) is 12.5. The molecule has 1 aromatic carbocycles. The Morgan fingerprint density at radius 3 is 2.88 bits per heavy atom. The number of hydrogen-bond acceptors (Lipinski definition) is 4. The van der Waals surface area contributed by atoms with Crippen molar-refractivity contribution in [3.63, 3.8) is 0 Å². The van der Waals surface area contributed by atoms with E-state index in [2.05, 4.69) is 10.3 Å². The number of aromatic nitrogens is 1. The van der Waals surface area contributed by atoms with Gasteiger partial charge < -0.3 is 15.3 Å². The third kappa shape index (κ3) is 2.82. The Morgan fingerprint density at radius 2 is 2.15 bits per heavy atom. The second-order valence-electron chi connectivity index (χ2n) is 6.30. The number of nitrogens with one attached hydrogen (secondary N) is 1. The highest BCUT2D eigenvalue weighted by atomic mass is 35.5. The van der Waals surface area contributed by atoms with Crippen LogP contribution in [-0.4, -0.2) is 34.6 Å². The minimum atomic E-state index is -0.955. The number of nitrogens with zero attached hydrogens (tertiary/aromatic N) is 2. The van der Waals surface area contributed by atoms with Crippen LogP contribution in [0.25, 0.3) is 5.57 Å². The summed E-state index contributed by atoms with van der Waals surface area (Å²) in [4.78, 5) is 30.3. The predicted molar refractivity (Wildman–Crippen MR) is 99.2 cm³/mol. The minimum Gasteiger partial charge on any atom is -0.480 e. The van der Waals surface area contributed by atoms with Crippen LogP contribution in [0, 0.1) is 0 Å². The smallest absolute Gasteiger partial charge is 0.326 e. The van der Waals surface area contributed by atoms with E-state index in [1.54, 1.807) is 35.5 Å². The number of hydrogen-bond donors (Lipinski definition) is 2. The summed E-state index contributed by atoms with van der Waals surface area (Å²) in [5.41, 5.74) is 3.66. The number of carbonyl (C=O) groups is 2. The van der Waals surface area contributed by atoms with Gasteiger partial charge in [-0.15, -0.1) is 0 Å². The molecule has 0 bridgehead atoms. The van der Waals surface area contributed by atoms with Crippen molar-refractivity contribution in [2.24, 2.45) is 0 Å². The molecule has 2 aliphatic heterocycles. The van der Waals surface area contributed by atoms with Crippen LogP contribution in [-0.2, 0) is 9.59 Å². The molecule has 6 nitrogen and oxygen atoms in total. The summed E-state index contributed by atoms with van der Waals surface area (Å²) in [7, 11) is 0. The molecule has 7 heteroatoms. The lowest BCUT2D eigenvalue weighted by molar-refractivity contribution is -0.137. The topological polar surface area (TPSA) is 82.5 Å². The van der Waals surface area contributed by atoms with Crippen molar-refractivity contribution < 1.29 is 14.7 Å². The lowest BCUT2D eigenvalue weighted by Gasteiger charge is -2.28. The Balaban J connectivity index is 1.78. The van der Waals surface area contributed by atoms with Crippen molar-refractivity contribution >= 4 is 40.4 Å². The lowest BCUT2D eigenvalue weighted by atomic mass is 9.88. The van der Waals surface area contributed by atoms with Crippen LogP contribution in [0.5, 0.6) is 0 Å². The molecular formula is C19H16ClN3O3. The molecule has 1 saturated heterocycles. The van der Waals surface area contributed by atoms with Gasteiger partial charge in [0.2, 0.25) is 0 Å². The minimum absolute atomic E-state index is 0.0973. The number of benzene rings is 1. The van der Waals surface area contributed by atoms with E-state index in [1.165, 1.54) is 0 Å². The van der Waals surface area contributed by atoms with Crippen LogP contribution in [0.2, 0.25) is 5.02 Å². The molecule has 1 amide bonds. The zero-order valence-corrected chi connectivity index (χ0v) is 14.5. The van der Waals surface area contributed by atoms with E-state index in [0.29, 0.717) is 29.2 Å². The van der Waals surface area contributed by atoms with E-state index >= 15 is 0 Å². The summed E-state index contributed by atoms with van der Waals surface area (Å²) in [5, 5.41) is 13.0. The van der Waals surface area contributed by atoms with Gasteiger partial charge in [0.15, 0.2) is 0 Å². The number of carbonyl (C=O) groups excluding carboxylic acids is 1. The van der Waals surface area contributed by atoms with Crippen molar-refractivity contribution in [2.75, 3.05) is 16.8 Å². The Morgan fingerprint density at radius 1 is 1.31 bits per heavy atom. The number of pyridine rings is 1. The highest BCUT2D eigenvalue weighted by Crippen LogP contribution is 2.40. The molecule has 4 rings (SSSR count). The molecule has 2 aliphatic rings. The second-order valence-corrected chi connectivity index (χ2v) is 6.74. The number of rotatable bonds is 2. The number of carboxylic acids is 1. The summed E-state index contributed by atoms with van der Waals surface area (Å²) in [6, 6.07) is 8.13. The summed E-state index contributed by atoms with van der Waals surface area (Å²) in [5.74, 6) is -1.05. The molecule has 0 aliphatic carbocycles. The van der Waals surface area contributed by atoms with Gasteiger partial charge in [-0.05, 0) is 36.3 Å². The third-order valence-corrected chi connectivity index (χ3v) is 4.99. The molecule has 2 aromatic rings. The van der Waals surface area contributed by atoms with Crippen molar-refractivity contribution in [1.29, 1.82) is 0 Å². The first-order valence-electron chi connectivity index (χ1n) is 8.28. The quantitative estimate of drug-likeness (QED) is 0.794. The van der Waals surface area contributed by atoms with E-state index in [9.17, 15) is 14.7 Å². The second kappa shape index (κ2) is 6.46. The van der Waals surface area contributed by atoms with Crippen molar-refractivity contribution in [2.45, 2.75) is 18.9 Å². The fourth-order valence-electron chi connectivity index (χ4n) is 3.52. The molecule has 1 unspecified atom stereocenters. The van der Waals surface area contributed by atoms with Crippen LogP contribution < -0.4 is 10.2 Å². The maximum atomic E-state index is 13.0. The number of amides is 1. The Hall–Kier alpha value is -2.86. The normalized spacial score (nSPS) is 22.1. The summed E-state index contributed by atoms with van der Waals surface area (Å²) in [6.07, 6.45) is 4.14. The van der Waals surface area contributed by atoms with Gasteiger partial charge in [0.1, 0.15) is 6.04 Å². The summed E-state index contributed by atoms with van der Waals surface area (Å²) in [6.45, 7) is 0.553. The molecule has 0 spiro atoms. The molecule has 3 heterocycles. The Bertz CT molecular complexity index is 927. The van der Waals surface area contributed by atoms with Crippen LogP contribution in [0.4, 0.5) is 11.4 Å². The predicted octanol–water partition coefficient (Wildman–Crippen LogP) is 3.19. The van der Waals surface area contributed by atoms with Gasteiger partial charge in [-0.2, -0.15) is 0 Å². The van der Waals surface area contributed by atoms with Crippen LogP contribution in [0.1, 0.15) is 18.4 Å². The zero-order chi connectivity index (χ0) is 18.3. The molecule has 0 radical (unpaired) electrons. The van der Waals surface area contributed by atoms with Crippen molar-refractivity contribution in [3.8, 4) is 0 Å². The van der Waals surface area contributed by atoms with Crippen molar-refractivity contribution in [1.82, 2.24) is 4.98 Å². The van der Waals surface area contributed by atoms with E-state index in [0.717, 1.165) is 16.8 Å². The van der Waals surface area contributed by atoms with Gasteiger partial charge in [-0.1, -0.05) is 17.7 Å². The van der Waals surface area contributed by atoms with Crippen LogP contribution in [0.15, 0.2) is 48.3 Å². The van der Waals surface area contributed by atoms with E-state index < -0.39 is 12.0 Å². The van der Waals surface area contributed by atoms with Gasteiger partial charge in [0, 0.05) is 41.0 Å². The highest BCUT2D eigenvalue weighted by Gasteiger charge is 2.35. The van der Waals surface area contributed by atoms with Gasteiger partial charge in [-0.3, -0.25) is 9.78 Å². The summed E-state index contributed by atoms with van der Waals surface area (Å²) < 4.78 is 0. The average molecular weight is 370 g/mol. The molecule has 1 aromatic heterocycles. The van der Waals surface area contributed by atoms with Crippen LogP contribution in [0.3, 0.4) is 0 Å². The number of fused-ring (bicyclic) bond motifs is 1. The maximum Gasteiger partial charge on any atom is 0.326 e. The molecular weight excluding hydrogens is 354 g/mol. The molecule has 26 heavy (non-hydrogen) atoms. The molecule has 1 fully saturated rings. The molecule has 132 valence electrons. The lowest BCUT2D eigenvalue weighted by Crippen LogP contribution is -2.33. The standard InChI is InChI=1S/C19H16ClN3O3/c20-11-3-4-13-15(9-17(19(25)26)22-16(13)8-11)14-5-7-23(18(14)24)12-2-1-6-21-10-12/h1-4,6,8,10,17,22H,5,7,9H2,(H,25,26)/b15-14+. The number of halogens is 1. The SMILES string of the molecule is O=C(O)C1C/C(=C2/CCN(c3cccnc3)C2=O)c2ccc(Cl)cc2N1. The van der Waals surface area contributed by atoms with Gasteiger partial charge in [0.05, 0.1) is 11.9 Å². The molecule has 1 atom stereocenters. The number of carboxylic acid groups (broad SMARTS) is 1. The van der Waals surface area contributed by atoms with Crippen LogP contribution >= 0.6 is 11.6 Å². The fraction of sp³-hybridized carbons (Fsp3) is 0.211. The number of aliphatic carboxylic acids is 1. The summed E-state index contributed by atoms with van der Waals surface area (Å²) >= 11 is 6.06. The average Bonchev–Trinajstić information content (AvgIpc) is 3.02. The third-order valence-electron chi connectivity index (χ3n) is 4.75. The van der Waals surface area contributed by atoms with Gasteiger partial charge in [-0.25, -0.2) is 4.79 Å². The van der Waals surface area contributed by atoms with E-state index in [1.807, 2.05) is 12.1 Å². The van der Waals surface area contributed by atoms with E-state index in [4.69, 9.17) is 11.6 Å². The largest absolute Gasteiger partial charge is 0.480 e. The Labute approximate surface area is 155 Å². The molecule has 0 saturated carbocycles. The highest BCUT2D eigenvalue weighted by molar-refractivity contribution is 6.31. The molecule has 2 N–H and O–H groups in total. The van der Waals surface area contributed by atoms with Crippen molar-refractivity contribution in [3.05, 3.63) is 58.9 Å². The van der Waals surface area contributed by atoms with Gasteiger partial charge in [0.25, 0.3) is 5.91 Å². The first-order valence-corrected chi connectivity index (χ1v) is 8.65. The zero-order valence-electron chi connectivity index (χ0n) is 13.8.